The summed E-state index contributed by atoms with van der Waals surface area (Å²) in [6.07, 6.45) is 4.33. The maximum absolute atomic E-state index is 14.0. The van der Waals surface area contributed by atoms with Gasteiger partial charge in [0.1, 0.15) is 12.1 Å². The first kappa shape index (κ1) is 31.3. The third-order valence-corrected chi connectivity index (χ3v) is 10.9. The number of nitrogens with one attached hydrogen (secondary N) is 2. The van der Waals surface area contributed by atoms with Crippen molar-refractivity contribution < 1.29 is 29.4 Å². The molecule has 2 bridgehead atoms. The van der Waals surface area contributed by atoms with E-state index in [0.29, 0.717) is 6.54 Å². The van der Waals surface area contributed by atoms with E-state index in [4.69, 9.17) is 0 Å². The smallest absolute Gasteiger partial charge is 0.307 e. The Balaban J connectivity index is 1.25. The molecule has 238 valence electrons. The lowest BCUT2D eigenvalue weighted by atomic mass is 9.58. The van der Waals surface area contributed by atoms with E-state index in [-0.39, 0.29) is 43.0 Å². The second-order valence-electron chi connectivity index (χ2n) is 12.9. The number of hydrogen-bond donors (Lipinski definition) is 4. The molecule has 4 fully saturated rings. The highest BCUT2D eigenvalue weighted by molar-refractivity contribution is 9.10. The zero-order chi connectivity index (χ0) is 31.8. The van der Waals surface area contributed by atoms with Gasteiger partial charge in [-0.05, 0) is 60.8 Å². The van der Waals surface area contributed by atoms with Crippen LogP contribution in [-0.2, 0) is 32.1 Å². The number of likely N-dealkylation sites (tertiary alicyclic amines) is 1. The van der Waals surface area contributed by atoms with E-state index >= 15 is 0 Å². The van der Waals surface area contributed by atoms with Crippen molar-refractivity contribution in [1.82, 2.24) is 20.1 Å². The molecule has 5 atom stereocenters. The summed E-state index contributed by atoms with van der Waals surface area (Å²) in [7, 11) is 1.69. The molecule has 7 rings (SSSR count). The van der Waals surface area contributed by atoms with Crippen LogP contribution in [0.25, 0.3) is 10.9 Å². The first-order valence-corrected chi connectivity index (χ1v) is 16.5. The minimum atomic E-state index is -1.01. The monoisotopic (exact) mass is 678 g/mol. The topological polar surface area (TPSA) is 143 Å². The molecule has 2 unspecified atom stereocenters. The number of rotatable bonds is 9. The SMILES string of the molecule is CN(Cc1ccccc1Br)C(=O)C(Cc1c[nH]c2ccccc12)NC(=O)C1C[C@@H](O)CN1C(=O)[C@H]1C2CCC(CC2)[C@H]1C(=O)O. The van der Waals surface area contributed by atoms with E-state index in [9.17, 15) is 29.4 Å². The van der Waals surface area contributed by atoms with E-state index in [1.807, 2.05) is 54.7 Å². The van der Waals surface area contributed by atoms with Gasteiger partial charge in [0.05, 0.1) is 17.9 Å². The van der Waals surface area contributed by atoms with Crippen LogP contribution in [0, 0.1) is 23.7 Å². The Hall–Kier alpha value is -3.70. The van der Waals surface area contributed by atoms with Crippen LogP contribution in [0.15, 0.2) is 59.2 Å². The molecule has 4 N–H and O–H groups in total. The standard InChI is InChI=1S/C34H39BrN4O6/c1-38(17-21-6-2-4-8-25(21)35)32(42)27(14-22-16-36-26-9-5-3-7-24(22)26)37-31(41)28-15-23(40)18-39(28)33(43)29-19-10-12-20(13-11-19)30(29)34(44)45/h2-9,16,19-20,23,27-30,36,40H,10-15,17-18H2,1H3,(H,37,41)(H,44,45)/t19?,20?,23-,27?,28?,29+,30-/m1/s1. The number of aliphatic hydroxyl groups is 1. The molecule has 1 aromatic heterocycles. The van der Waals surface area contributed by atoms with Gasteiger partial charge in [-0.1, -0.05) is 52.3 Å². The van der Waals surface area contributed by atoms with Crippen LogP contribution >= 0.6 is 15.9 Å². The number of carbonyl (C=O) groups excluding carboxylic acids is 3. The number of carboxylic acid groups (broad SMARTS) is 1. The van der Waals surface area contributed by atoms with Crippen molar-refractivity contribution in [3.8, 4) is 0 Å². The lowest BCUT2D eigenvalue weighted by Gasteiger charge is -2.47. The number of aliphatic hydroxyl groups excluding tert-OH is 1. The summed E-state index contributed by atoms with van der Waals surface area (Å²) in [5, 5.41) is 24.6. The molecule has 0 spiro atoms. The number of carboxylic acids is 1. The molecule has 1 saturated heterocycles. The zero-order valence-electron chi connectivity index (χ0n) is 25.2. The van der Waals surface area contributed by atoms with Crippen molar-refractivity contribution in [2.45, 2.75) is 63.3 Å². The second kappa shape index (κ2) is 13.0. The van der Waals surface area contributed by atoms with Gasteiger partial charge in [-0.25, -0.2) is 0 Å². The Morgan fingerprint density at radius 2 is 1.67 bits per heavy atom. The van der Waals surface area contributed by atoms with Crippen molar-refractivity contribution >= 4 is 50.5 Å². The summed E-state index contributed by atoms with van der Waals surface area (Å²) in [6.45, 7) is 0.272. The molecule has 2 aromatic carbocycles. The number of hydrogen-bond acceptors (Lipinski definition) is 5. The molecule has 11 heteroatoms. The van der Waals surface area contributed by atoms with Crippen molar-refractivity contribution in [2.24, 2.45) is 23.7 Å². The minimum Gasteiger partial charge on any atom is -0.481 e. The van der Waals surface area contributed by atoms with E-state index in [1.165, 1.54) is 4.90 Å². The molecule has 10 nitrogen and oxygen atoms in total. The highest BCUT2D eigenvalue weighted by Gasteiger charge is 2.53. The number of amides is 3. The van der Waals surface area contributed by atoms with Crippen molar-refractivity contribution in [3.63, 3.8) is 0 Å². The van der Waals surface area contributed by atoms with Crippen LogP contribution in [-0.4, -0.2) is 80.5 Å². The number of benzene rings is 2. The molecule has 3 aromatic rings. The van der Waals surface area contributed by atoms with Crippen molar-refractivity contribution in [2.75, 3.05) is 13.6 Å². The molecule has 45 heavy (non-hydrogen) atoms. The maximum atomic E-state index is 14.0. The average Bonchev–Trinajstić information content (AvgIpc) is 3.64. The molecule has 3 aliphatic carbocycles. The van der Waals surface area contributed by atoms with E-state index in [2.05, 4.69) is 26.2 Å². The summed E-state index contributed by atoms with van der Waals surface area (Å²) in [4.78, 5) is 60.5. The number of likely N-dealkylation sites (N-methyl/N-ethyl adjacent to an activating group) is 1. The number of halogens is 1. The molecule has 1 aliphatic heterocycles. The number of aromatic amines is 1. The van der Waals surface area contributed by atoms with Gasteiger partial charge in [0, 0.05) is 54.6 Å². The van der Waals surface area contributed by atoms with E-state index in [0.717, 1.165) is 52.2 Å². The molecule has 3 amide bonds. The number of nitrogens with zero attached hydrogens (tertiary/aromatic N) is 2. The number of H-pyrrole nitrogens is 1. The van der Waals surface area contributed by atoms with Crippen LogP contribution in [0.3, 0.4) is 0 Å². The maximum Gasteiger partial charge on any atom is 0.307 e. The molecule has 4 aliphatic rings. The van der Waals surface area contributed by atoms with Gasteiger partial charge in [0.2, 0.25) is 17.7 Å². The number of fused-ring (bicyclic) bond motifs is 4. The number of aliphatic carboxylic acids is 1. The van der Waals surface area contributed by atoms with Crippen LogP contribution in [0.2, 0.25) is 0 Å². The molecule has 0 radical (unpaired) electrons. The molecular weight excluding hydrogens is 640 g/mol. The predicted octanol–water partition coefficient (Wildman–Crippen LogP) is 3.72. The van der Waals surface area contributed by atoms with Gasteiger partial charge in [-0.3, -0.25) is 19.2 Å². The van der Waals surface area contributed by atoms with Gasteiger partial charge in [-0.15, -0.1) is 0 Å². The van der Waals surface area contributed by atoms with Crippen molar-refractivity contribution in [3.05, 3.63) is 70.3 Å². The lowest BCUT2D eigenvalue weighted by Crippen LogP contribution is -2.57. The Morgan fingerprint density at radius 3 is 2.38 bits per heavy atom. The second-order valence-corrected chi connectivity index (χ2v) is 13.7. The van der Waals surface area contributed by atoms with E-state index < -0.39 is 41.9 Å². The number of para-hydroxylation sites is 1. The van der Waals surface area contributed by atoms with Gasteiger partial charge in [0.15, 0.2) is 0 Å². The normalized spacial score (nSPS) is 26.5. The summed E-state index contributed by atoms with van der Waals surface area (Å²) < 4.78 is 0.868. The van der Waals surface area contributed by atoms with Crippen LogP contribution in [0.4, 0.5) is 0 Å². The summed E-state index contributed by atoms with van der Waals surface area (Å²) in [5.74, 6) is -3.77. The first-order valence-electron chi connectivity index (χ1n) is 15.7. The van der Waals surface area contributed by atoms with Crippen LogP contribution in [0.1, 0.15) is 43.2 Å². The fraction of sp³-hybridized carbons (Fsp3) is 0.471. The summed E-state index contributed by atoms with van der Waals surface area (Å²) in [6, 6.07) is 13.4. The number of aromatic nitrogens is 1. The lowest BCUT2D eigenvalue weighted by molar-refractivity contribution is -0.163. The van der Waals surface area contributed by atoms with Gasteiger partial charge < -0.3 is 30.3 Å². The first-order chi connectivity index (χ1) is 21.6. The van der Waals surface area contributed by atoms with Crippen LogP contribution < -0.4 is 5.32 Å². The average molecular weight is 680 g/mol. The highest BCUT2D eigenvalue weighted by Crippen LogP contribution is 2.50. The quantitative estimate of drug-likeness (QED) is 0.272. The molecule has 2 heterocycles. The Kier molecular flexibility index (Phi) is 9.01. The van der Waals surface area contributed by atoms with Gasteiger partial charge in [0.25, 0.3) is 0 Å². The van der Waals surface area contributed by atoms with Crippen molar-refractivity contribution in [1.29, 1.82) is 0 Å². The van der Waals surface area contributed by atoms with Crippen LogP contribution in [0.5, 0.6) is 0 Å². The van der Waals surface area contributed by atoms with Gasteiger partial charge in [-0.2, -0.15) is 0 Å². The fourth-order valence-electron chi connectivity index (χ4n) is 7.87. The third-order valence-electron chi connectivity index (χ3n) is 10.1. The van der Waals surface area contributed by atoms with E-state index in [1.54, 1.807) is 11.9 Å². The van der Waals surface area contributed by atoms with Gasteiger partial charge >= 0.3 is 5.97 Å². The number of carbonyl (C=O) groups is 4. The zero-order valence-corrected chi connectivity index (χ0v) is 26.8. The molecular formula is C34H39BrN4O6. The minimum absolute atomic E-state index is 0.0247. The number of β-amino-alcohol motifs (C(OH)–C–C–N with tert-alkyl or cyclic N) is 1. The fourth-order valence-corrected chi connectivity index (χ4v) is 8.28. The molecule has 3 saturated carbocycles. The Morgan fingerprint density at radius 1 is 1.00 bits per heavy atom. The Bertz CT molecular complexity index is 1600. The summed E-state index contributed by atoms with van der Waals surface area (Å²) in [5.41, 5.74) is 2.69. The Labute approximate surface area is 270 Å². The third kappa shape index (κ3) is 6.24. The largest absolute Gasteiger partial charge is 0.481 e. The highest BCUT2D eigenvalue weighted by atomic mass is 79.9. The summed E-state index contributed by atoms with van der Waals surface area (Å²) >= 11 is 3.55. The predicted molar refractivity (Wildman–Crippen MR) is 171 cm³/mol.